The van der Waals surface area contributed by atoms with E-state index in [0.717, 1.165) is 32.5 Å². The molecule has 0 spiro atoms. The van der Waals surface area contributed by atoms with Gasteiger partial charge in [0, 0.05) is 6.61 Å². The Morgan fingerprint density at radius 3 is 2.88 bits per heavy atom. The molecule has 1 fully saturated rings. The van der Waals surface area contributed by atoms with Crippen molar-refractivity contribution in [2.45, 2.75) is 38.2 Å². The lowest BCUT2D eigenvalue weighted by molar-refractivity contribution is 0.0440. The first kappa shape index (κ1) is 12.6. The third-order valence-electron chi connectivity index (χ3n) is 3.33. The SMILES string of the molecule is c1ccc(CCCOC2CCCNCC2)cc1. The van der Waals surface area contributed by atoms with Gasteiger partial charge in [0.25, 0.3) is 0 Å². The smallest absolute Gasteiger partial charge is 0.0587 e. The lowest BCUT2D eigenvalue weighted by Gasteiger charge is -2.14. The van der Waals surface area contributed by atoms with Crippen LogP contribution < -0.4 is 5.32 Å². The van der Waals surface area contributed by atoms with Crippen molar-refractivity contribution in [1.82, 2.24) is 5.32 Å². The van der Waals surface area contributed by atoms with Crippen LogP contribution in [0.2, 0.25) is 0 Å². The Morgan fingerprint density at radius 2 is 2.00 bits per heavy atom. The van der Waals surface area contributed by atoms with Crippen LogP contribution in [0.4, 0.5) is 0 Å². The van der Waals surface area contributed by atoms with Gasteiger partial charge in [-0.3, -0.25) is 0 Å². The van der Waals surface area contributed by atoms with E-state index in [0.29, 0.717) is 6.10 Å². The normalized spacial score (nSPS) is 21.1. The van der Waals surface area contributed by atoms with Crippen LogP contribution in [-0.2, 0) is 11.2 Å². The van der Waals surface area contributed by atoms with Gasteiger partial charge >= 0.3 is 0 Å². The number of aryl methyl sites for hydroxylation is 1. The van der Waals surface area contributed by atoms with Crippen LogP contribution in [0.15, 0.2) is 30.3 Å². The zero-order valence-electron chi connectivity index (χ0n) is 10.5. The summed E-state index contributed by atoms with van der Waals surface area (Å²) in [4.78, 5) is 0. The van der Waals surface area contributed by atoms with Crippen molar-refractivity contribution in [3.63, 3.8) is 0 Å². The molecule has 1 aromatic rings. The molecule has 0 aliphatic carbocycles. The fourth-order valence-corrected chi connectivity index (χ4v) is 2.32. The first-order chi connectivity index (χ1) is 8.45. The lowest BCUT2D eigenvalue weighted by Crippen LogP contribution is -2.17. The van der Waals surface area contributed by atoms with E-state index in [4.69, 9.17) is 4.74 Å². The summed E-state index contributed by atoms with van der Waals surface area (Å²) in [6.07, 6.45) is 6.40. The van der Waals surface area contributed by atoms with Crippen molar-refractivity contribution in [1.29, 1.82) is 0 Å². The number of rotatable bonds is 5. The summed E-state index contributed by atoms with van der Waals surface area (Å²) in [5.74, 6) is 0. The van der Waals surface area contributed by atoms with Gasteiger partial charge in [-0.05, 0) is 50.8 Å². The van der Waals surface area contributed by atoms with Gasteiger partial charge < -0.3 is 10.1 Å². The predicted molar refractivity (Wildman–Crippen MR) is 71.2 cm³/mol. The van der Waals surface area contributed by atoms with Gasteiger partial charge in [-0.15, -0.1) is 0 Å². The Morgan fingerprint density at radius 1 is 1.12 bits per heavy atom. The topological polar surface area (TPSA) is 21.3 Å². The van der Waals surface area contributed by atoms with E-state index in [-0.39, 0.29) is 0 Å². The van der Waals surface area contributed by atoms with Gasteiger partial charge in [0.05, 0.1) is 6.10 Å². The third-order valence-corrected chi connectivity index (χ3v) is 3.33. The Balaban J connectivity index is 1.59. The molecular weight excluding hydrogens is 210 g/mol. The van der Waals surface area contributed by atoms with Gasteiger partial charge in [-0.1, -0.05) is 30.3 Å². The first-order valence-electron chi connectivity index (χ1n) is 6.81. The summed E-state index contributed by atoms with van der Waals surface area (Å²) in [6, 6.07) is 10.7. The van der Waals surface area contributed by atoms with Gasteiger partial charge in [-0.2, -0.15) is 0 Å². The molecule has 94 valence electrons. The molecule has 0 saturated carbocycles. The maximum Gasteiger partial charge on any atom is 0.0587 e. The second kappa shape index (κ2) is 7.46. The maximum absolute atomic E-state index is 5.94. The third kappa shape index (κ3) is 4.88. The molecule has 1 atom stereocenters. The zero-order chi connectivity index (χ0) is 11.8. The van der Waals surface area contributed by atoms with E-state index in [2.05, 4.69) is 35.6 Å². The monoisotopic (exact) mass is 233 g/mol. The van der Waals surface area contributed by atoms with Crippen LogP contribution in [0, 0.1) is 0 Å². The molecule has 1 heterocycles. The highest BCUT2D eigenvalue weighted by atomic mass is 16.5. The molecule has 2 heteroatoms. The van der Waals surface area contributed by atoms with Gasteiger partial charge in [-0.25, -0.2) is 0 Å². The van der Waals surface area contributed by atoms with Crippen LogP contribution in [0.1, 0.15) is 31.2 Å². The highest BCUT2D eigenvalue weighted by Gasteiger charge is 2.11. The molecule has 1 aromatic carbocycles. The van der Waals surface area contributed by atoms with Gasteiger partial charge in [0.1, 0.15) is 0 Å². The molecule has 0 radical (unpaired) electrons. The predicted octanol–water partition coefficient (Wildman–Crippen LogP) is 2.78. The quantitative estimate of drug-likeness (QED) is 0.790. The van der Waals surface area contributed by atoms with E-state index >= 15 is 0 Å². The molecule has 1 unspecified atom stereocenters. The second-order valence-corrected chi connectivity index (χ2v) is 4.76. The van der Waals surface area contributed by atoms with E-state index in [1.807, 2.05) is 0 Å². The van der Waals surface area contributed by atoms with Gasteiger partial charge in [0.15, 0.2) is 0 Å². The number of hydrogen-bond donors (Lipinski definition) is 1. The number of nitrogens with one attached hydrogen (secondary N) is 1. The summed E-state index contributed by atoms with van der Waals surface area (Å²) in [6.45, 7) is 3.17. The van der Waals surface area contributed by atoms with Crippen LogP contribution in [-0.4, -0.2) is 25.8 Å². The Hall–Kier alpha value is -0.860. The molecular formula is C15H23NO. The van der Waals surface area contributed by atoms with E-state index < -0.39 is 0 Å². The standard InChI is InChI=1S/C15H23NO/c1-2-6-14(7-3-1)8-5-13-17-15-9-4-11-16-12-10-15/h1-3,6-7,15-16H,4-5,8-13H2. The summed E-state index contributed by atoms with van der Waals surface area (Å²) >= 11 is 0. The van der Waals surface area contributed by atoms with Crippen molar-refractivity contribution in [3.8, 4) is 0 Å². The Kier molecular flexibility index (Phi) is 5.53. The summed E-state index contributed by atoms with van der Waals surface area (Å²) in [5.41, 5.74) is 1.42. The minimum absolute atomic E-state index is 0.487. The number of hydrogen-bond acceptors (Lipinski definition) is 2. The average Bonchev–Trinajstić information content (AvgIpc) is 2.65. The van der Waals surface area contributed by atoms with Crippen molar-refractivity contribution in [2.75, 3.05) is 19.7 Å². The van der Waals surface area contributed by atoms with Crippen molar-refractivity contribution < 1.29 is 4.74 Å². The molecule has 1 N–H and O–H groups in total. The minimum Gasteiger partial charge on any atom is -0.378 e. The number of benzene rings is 1. The summed E-state index contributed by atoms with van der Waals surface area (Å²) < 4.78 is 5.94. The molecule has 0 bridgehead atoms. The van der Waals surface area contributed by atoms with Gasteiger partial charge in [0.2, 0.25) is 0 Å². The molecule has 1 aliphatic heterocycles. The first-order valence-corrected chi connectivity index (χ1v) is 6.81. The molecule has 1 aliphatic rings. The zero-order valence-corrected chi connectivity index (χ0v) is 10.5. The molecule has 2 nitrogen and oxygen atoms in total. The van der Waals surface area contributed by atoms with Crippen LogP contribution >= 0.6 is 0 Å². The van der Waals surface area contributed by atoms with Crippen LogP contribution in [0.5, 0.6) is 0 Å². The average molecular weight is 233 g/mol. The summed E-state index contributed by atoms with van der Waals surface area (Å²) in [5, 5.41) is 3.41. The molecule has 0 amide bonds. The Bertz CT molecular complexity index is 291. The maximum atomic E-state index is 5.94. The summed E-state index contributed by atoms with van der Waals surface area (Å²) in [7, 11) is 0. The molecule has 0 aromatic heterocycles. The van der Waals surface area contributed by atoms with E-state index in [1.165, 1.54) is 24.8 Å². The van der Waals surface area contributed by atoms with Crippen molar-refractivity contribution in [3.05, 3.63) is 35.9 Å². The molecule has 2 rings (SSSR count). The minimum atomic E-state index is 0.487. The molecule has 17 heavy (non-hydrogen) atoms. The fraction of sp³-hybridized carbons (Fsp3) is 0.600. The highest BCUT2D eigenvalue weighted by molar-refractivity contribution is 5.14. The highest BCUT2D eigenvalue weighted by Crippen LogP contribution is 2.10. The van der Waals surface area contributed by atoms with Crippen LogP contribution in [0.3, 0.4) is 0 Å². The van der Waals surface area contributed by atoms with Crippen molar-refractivity contribution in [2.24, 2.45) is 0 Å². The van der Waals surface area contributed by atoms with E-state index in [1.54, 1.807) is 0 Å². The second-order valence-electron chi connectivity index (χ2n) is 4.76. The number of ether oxygens (including phenoxy) is 1. The van der Waals surface area contributed by atoms with Crippen molar-refractivity contribution >= 4 is 0 Å². The molecule has 1 saturated heterocycles. The van der Waals surface area contributed by atoms with Crippen LogP contribution in [0.25, 0.3) is 0 Å². The Labute approximate surface area is 104 Å². The lowest BCUT2D eigenvalue weighted by atomic mass is 10.1. The fourth-order valence-electron chi connectivity index (χ4n) is 2.32. The largest absolute Gasteiger partial charge is 0.378 e. The van der Waals surface area contributed by atoms with E-state index in [9.17, 15) is 0 Å².